The minimum Gasteiger partial charge on any atom is -0.427 e. The molecule has 0 aliphatic heterocycles. The summed E-state index contributed by atoms with van der Waals surface area (Å²) in [6.07, 6.45) is 1.49. The summed E-state index contributed by atoms with van der Waals surface area (Å²) in [7, 11) is -3.39. The van der Waals surface area contributed by atoms with E-state index in [4.69, 9.17) is 4.74 Å². The summed E-state index contributed by atoms with van der Waals surface area (Å²) in [5, 5.41) is 0. The molecule has 0 N–H and O–H groups in total. The van der Waals surface area contributed by atoms with Gasteiger partial charge in [-0.25, -0.2) is 0 Å². The molecule has 0 amide bonds. The number of benzene rings is 1. The van der Waals surface area contributed by atoms with E-state index in [0.29, 0.717) is 12.2 Å². The number of rotatable bonds is 5. The van der Waals surface area contributed by atoms with Crippen LogP contribution in [0.25, 0.3) is 0 Å². The van der Waals surface area contributed by atoms with E-state index in [1.807, 2.05) is 0 Å². The van der Waals surface area contributed by atoms with Crippen LogP contribution in [-0.2, 0) is 25.5 Å². The highest BCUT2D eigenvalue weighted by Gasteiger charge is 2.02. The van der Waals surface area contributed by atoms with E-state index in [1.54, 1.807) is 24.3 Å². The zero-order valence-corrected chi connectivity index (χ0v) is 10.5. The molecule has 17 heavy (non-hydrogen) atoms. The molecule has 0 saturated carbocycles. The van der Waals surface area contributed by atoms with Crippen molar-refractivity contribution in [3.05, 3.63) is 29.8 Å². The fraction of sp³-hybridized carbons (Fsp3) is 0.364. The van der Waals surface area contributed by atoms with Gasteiger partial charge in [-0.2, -0.15) is 8.42 Å². The number of hydrogen-bond acceptors (Lipinski definition) is 5. The Labute approximate surface area is 100 Å². The Morgan fingerprint density at radius 1 is 1.24 bits per heavy atom. The van der Waals surface area contributed by atoms with E-state index in [1.165, 1.54) is 6.92 Å². The molecule has 1 aromatic rings. The molecule has 0 unspecified atom stereocenters. The van der Waals surface area contributed by atoms with E-state index >= 15 is 0 Å². The van der Waals surface area contributed by atoms with Crippen LogP contribution in [0.4, 0.5) is 0 Å². The molecule has 0 saturated heterocycles. The summed E-state index contributed by atoms with van der Waals surface area (Å²) in [4.78, 5) is 10.7. The maximum absolute atomic E-state index is 10.7. The van der Waals surface area contributed by atoms with Crippen LogP contribution in [-0.4, -0.2) is 27.2 Å². The van der Waals surface area contributed by atoms with E-state index in [0.717, 1.165) is 11.8 Å². The second-order valence-corrected chi connectivity index (χ2v) is 5.16. The Morgan fingerprint density at radius 2 is 1.82 bits per heavy atom. The van der Waals surface area contributed by atoms with Crippen LogP contribution in [0, 0.1) is 0 Å². The van der Waals surface area contributed by atoms with Gasteiger partial charge in [-0.3, -0.25) is 8.98 Å². The molecular formula is C11H14O5S. The molecular weight excluding hydrogens is 244 g/mol. The maximum Gasteiger partial charge on any atom is 0.308 e. The molecule has 0 aliphatic carbocycles. The van der Waals surface area contributed by atoms with Gasteiger partial charge in [-0.1, -0.05) is 12.1 Å². The van der Waals surface area contributed by atoms with Crippen molar-refractivity contribution in [3.63, 3.8) is 0 Å². The van der Waals surface area contributed by atoms with Gasteiger partial charge in [0.1, 0.15) is 5.75 Å². The lowest BCUT2D eigenvalue weighted by Crippen LogP contribution is -2.06. The molecule has 0 heterocycles. The number of carbonyl (C=O) groups is 1. The maximum atomic E-state index is 10.7. The summed E-state index contributed by atoms with van der Waals surface area (Å²) >= 11 is 0. The molecule has 0 spiro atoms. The second-order valence-electron chi connectivity index (χ2n) is 3.51. The van der Waals surface area contributed by atoms with E-state index in [2.05, 4.69) is 4.18 Å². The third-order valence-corrected chi connectivity index (χ3v) is 2.47. The summed E-state index contributed by atoms with van der Waals surface area (Å²) in [5.41, 5.74) is 0.907. The van der Waals surface area contributed by atoms with Gasteiger partial charge in [-0.15, -0.1) is 0 Å². The summed E-state index contributed by atoms with van der Waals surface area (Å²) in [5.74, 6) is 0.0865. The molecule has 6 heteroatoms. The first-order valence-corrected chi connectivity index (χ1v) is 6.80. The molecule has 5 nitrogen and oxygen atoms in total. The van der Waals surface area contributed by atoms with Crippen LogP contribution < -0.4 is 4.74 Å². The van der Waals surface area contributed by atoms with Crippen molar-refractivity contribution in [2.45, 2.75) is 13.3 Å². The SMILES string of the molecule is CC(=O)Oc1ccc(CCOS(C)(=O)=O)cc1. The monoisotopic (exact) mass is 258 g/mol. The third kappa shape index (κ3) is 6.03. The lowest BCUT2D eigenvalue weighted by Gasteiger charge is -2.04. The Bertz CT molecular complexity index is 475. The lowest BCUT2D eigenvalue weighted by molar-refractivity contribution is -0.131. The van der Waals surface area contributed by atoms with Crippen molar-refractivity contribution in [1.82, 2.24) is 0 Å². The zero-order chi connectivity index (χ0) is 12.9. The second kappa shape index (κ2) is 5.79. The molecule has 0 aromatic heterocycles. The quantitative estimate of drug-likeness (QED) is 0.450. The molecule has 1 aromatic carbocycles. The average molecular weight is 258 g/mol. The Morgan fingerprint density at radius 3 is 2.29 bits per heavy atom. The predicted octanol–water partition coefficient (Wildman–Crippen LogP) is 1.13. The largest absolute Gasteiger partial charge is 0.427 e. The number of esters is 1. The highest BCUT2D eigenvalue weighted by Crippen LogP contribution is 2.12. The minimum absolute atomic E-state index is 0.103. The standard InChI is InChI=1S/C11H14O5S/c1-9(12)16-11-5-3-10(4-6-11)7-8-15-17(2,13)14/h3-6H,7-8H2,1-2H3. The lowest BCUT2D eigenvalue weighted by atomic mass is 10.1. The minimum atomic E-state index is -3.39. The fourth-order valence-corrected chi connectivity index (χ4v) is 1.59. The van der Waals surface area contributed by atoms with Crippen molar-refractivity contribution in [1.29, 1.82) is 0 Å². The first-order chi connectivity index (χ1) is 7.87. The van der Waals surface area contributed by atoms with Crippen molar-refractivity contribution in [3.8, 4) is 5.75 Å². The molecule has 0 bridgehead atoms. The van der Waals surface area contributed by atoms with Crippen molar-refractivity contribution in [2.75, 3.05) is 12.9 Å². The van der Waals surface area contributed by atoms with Crippen LogP contribution in [0.15, 0.2) is 24.3 Å². The van der Waals surface area contributed by atoms with Gasteiger partial charge in [0.25, 0.3) is 10.1 Å². The van der Waals surface area contributed by atoms with Gasteiger partial charge in [0.15, 0.2) is 0 Å². The van der Waals surface area contributed by atoms with Crippen molar-refractivity contribution < 1.29 is 22.1 Å². The topological polar surface area (TPSA) is 69.7 Å². The van der Waals surface area contributed by atoms with Crippen LogP contribution in [0.3, 0.4) is 0 Å². The number of carbonyl (C=O) groups excluding carboxylic acids is 1. The van der Waals surface area contributed by atoms with Crippen LogP contribution in [0.5, 0.6) is 5.75 Å². The van der Waals surface area contributed by atoms with Gasteiger partial charge in [-0.05, 0) is 24.1 Å². The summed E-state index contributed by atoms with van der Waals surface area (Å²) in [6.45, 7) is 1.43. The van der Waals surface area contributed by atoms with Crippen LogP contribution in [0.1, 0.15) is 12.5 Å². The van der Waals surface area contributed by atoms with Gasteiger partial charge in [0.05, 0.1) is 12.9 Å². The number of hydrogen-bond donors (Lipinski definition) is 0. The highest BCUT2D eigenvalue weighted by atomic mass is 32.2. The molecule has 94 valence electrons. The molecule has 0 atom stereocenters. The molecule has 0 aliphatic rings. The zero-order valence-electron chi connectivity index (χ0n) is 9.67. The van der Waals surface area contributed by atoms with Crippen molar-refractivity contribution >= 4 is 16.1 Å². The van der Waals surface area contributed by atoms with Crippen LogP contribution in [0.2, 0.25) is 0 Å². The van der Waals surface area contributed by atoms with E-state index < -0.39 is 10.1 Å². The normalized spacial score (nSPS) is 11.2. The number of ether oxygens (including phenoxy) is 1. The molecule has 0 radical (unpaired) electrons. The summed E-state index contributed by atoms with van der Waals surface area (Å²) < 4.78 is 30.9. The fourth-order valence-electron chi connectivity index (χ4n) is 1.20. The van der Waals surface area contributed by atoms with Crippen LogP contribution >= 0.6 is 0 Å². The van der Waals surface area contributed by atoms with Gasteiger partial charge in [0, 0.05) is 6.92 Å². The predicted molar refractivity (Wildman–Crippen MR) is 62.3 cm³/mol. The Kier molecular flexibility index (Phi) is 4.65. The van der Waals surface area contributed by atoms with Gasteiger partial charge in [0.2, 0.25) is 0 Å². The Hall–Kier alpha value is -1.40. The van der Waals surface area contributed by atoms with E-state index in [9.17, 15) is 13.2 Å². The highest BCUT2D eigenvalue weighted by molar-refractivity contribution is 7.85. The first-order valence-electron chi connectivity index (χ1n) is 4.98. The smallest absolute Gasteiger partial charge is 0.308 e. The molecule has 1 rings (SSSR count). The Balaban J connectivity index is 2.48. The van der Waals surface area contributed by atoms with Crippen molar-refractivity contribution in [2.24, 2.45) is 0 Å². The van der Waals surface area contributed by atoms with Gasteiger partial charge < -0.3 is 4.74 Å². The third-order valence-electron chi connectivity index (χ3n) is 1.87. The van der Waals surface area contributed by atoms with Gasteiger partial charge >= 0.3 is 5.97 Å². The summed E-state index contributed by atoms with van der Waals surface area (Å²) in [6, 6.07) is 6.81. The average Bonchev–Trinajstić information content (AvgIpc) is 2.18. The first kappa shape index (κ1) is 13.7. The molecule has 0 fully saturated rings. The van der Waals surface area contributed by atoms with E-state index in [-0.39, 0.29) is 12.6 Å².